The smallest absolute Gasteiger partial charge is 0.408 e. The summed E-state index contributed by atoms with van der Waals surface area (Å²) in [6.07, 6.45) is -0.690. The van der Waals surface area contributed by atoms with Gasteiger partial charge in [-0.05, 0) is 38.3 Å². The fourth-order valence-electron chi connectivity index (χ4n) is 3.65. The average molecular weight is 468 g/mol. The number of amidine groups is 1. The zero-order chi connectivity index (χ0) is 23.0. The Labute approximate surface area is 187 Å². The SMILES string of the molecule is CC(C)c1ccccc1N1C(=NC(=O)CNC(=O)OC(C)(C)C)S[C@@H]2CS(=O)(=O)C[C@@H]21. The van der Waals surface area contributed by atoms with Crippen LogP contribution in [0.4, 0.5) is 10.5 Å². The molecule has 3 rings (SSSR count). The van der Waals surface area contributed by atoms with Crippen LogP contribution in [0.1, 0.15) is 46.1 Å². The van der Waals surface area contributed by atoms with E-state index in [1.807, 2.05) is 29.2 Å². The van der Waals surface area contributed by atoms with Crippen molar-refractivity contribution in [3.63, 3.8) is 0 Å². The van der Waals surface area contributed by atoms with Gasteiger partial charge in [-0.3, -0.25) is 4.79 Å². The first-order valence-corrected chi connectivity index (χ1v) is 12.9. The maximum absolute atomic E-state index is 12.5. The molecule has 2 fully saturated rings. The van der Waals surface area contributed by atoms with Gasteiger partial charge in [-0.2, -0.15) is 4.99 Å². The molecule has 8 nitrogen and oxygen atoms in total. The molecule has 2 amide bonds. The highest BCUT2D eigenvalue weighted by Gasteiger charge is 2.49. The number of thioether (sulfide) groups is 1. The number of anilines is 1. The lowest BCUT2D eigenvalue weighted by Gasteiger charge is -2.28. The minimum atomic E-state index is -3.15. The Morgan fingerprint density at radius 1 is 1.26 bits per heavy atom. The number of nitrogens with one attached hydrogen (secondary N) is 1. The third kappa shape index (κ3) is 5.79. The first-order chi connectivity index (χ1) is 14.4. The molecule has 2 atom stereocenters. The van der Waals surface area contributed by atoms with Gasteiger partial charge in [0.25, 0.3) is 5.91 Å². The van der Waals surface area contributed by atoms with Crippen LogP contribution in [0.2, 0.25) is 0 Å². The second-order valence-corrected chi connectivity index (χ2v) is 12.4. The second kappa shape index (κ2) is 8.82. The van der Waals surface area contributed by atoms with Gasteiger partial charge in [-0.15, -0.1) is 0 Å². The van der Waals surface area contributed by atoms with Gasteiger partial charge < -0.3 is 15.0 Å². The molecule has 2 heterocycles. The highest BCUT2D eigenvalue weighted by atomic mass is 32.2. The lowest BCUT2D eigenvalue weighted by molar-refractivity contribution is -0.117. The van der Waals surface area contributed by atoms with Crippen LogP contribution in [0, 0.1) is 0 Å². The van der Waals surface area contributed by atoms with Gasteiger partial charge in [0.1, 0.15) is 12.1 Å². The molecule has 0 spiro atoms. The van der Waals surface area contributed by atoms with Crippen molar-refractivity contribution in [1.82, 2.24) is 5.32 Å². The number of fused-ring (bicyclic) bond motifs is 1. The van der Waals surface area contributed by atoms with Crippen LogP contribution in [0.25, 0.3) is 0 Å². The normalized spacial score (nSPS) is 23.8. The molecule has 1 aromatic rings. The number of nitrogens with zero attached hydrogens (tertiary/aromatic N) is 2. The fraction of sp³-hybridized carbons (Fsp3) is 0.571. The standard InChI is InChI=1S/C21H29N3O5S2/c1-13(2)14-8-6-7-9-15(14)24-16-11-31(27,28)12-17(16)30-19(24)23-18(25)10-22-20(26)29-21(3,4)5/h6-9,13,16-17H,10-12H2,1-5H3,(H,22,26)/t16-,17+/m0/s1. The maximum atomic E-state index is 12.5. The Kier molecular flexibility index (Phi) is 6.71. The van der Waals surface area contributed by atoms with Gasteiger partial charge >= 0.3 is 6.09 Å². The van der Waals surface area contributed by atoms with Crippen LogP contribution >= 0.6 is 11.8 Å². The van der Waals surface area contributed by atoms with E-state index in [0.717, 1.165) is 11.3 Å². The van der Waals surface area contributed by atoms with Crippen molar-refractivity contribution in [3.8, 4) is 0 Å². The molecule has 0 radical (unpaired) electrons. The monoisotopic (exact) mass is 467 g/mol. The first-order valence-electron chi connectivity index (χ1n) is 10.2. The number of ether oxygens (including phenoxy) is 1. The molecule has 0 saturated carbocycles. The number of rotatable bonds is 4. The molecule has 1 aromatic carbocycles. The van der Waals surface area contributed by atoms with Gasteiger partial charge in [0.05, 0.1) is 17.5 Å². The van der Waals surface area contributed by atoms with Gasteiger partial charge in [0, 0.05) is 10.9 Å². The van der Waals surface area contributed by atoms with E-state index in [0.29, 0.717) is 5.17 Å². The van der Waals surface area contributed by atoms with E-state index in [1.54, 1.807) is 20.8 Å². The molecular weight excluding hydrogens is 438 g/mol. The summed E-state index contributed by atoms with van der Waals surface area (Å²) in [6.45, 7) is 9.05. The van der Waals surface area contributed by atoms with Crippen LogP contribution < -0.4 is 10.2 Å². The predicted molar refractivity (Wildman–Crippen MR) is 124 cm³/mol. The lowest BCUT2D eigenvalue weighted by Crippen LogP contribution is -2.39. The number of alkyl carbamates (subject to hydrolysis) is 1. The van der Waals surface area contributed by atoms with Gasteiger partial charge in [0.15, 0.2) is 15.0 Å². The number of sulfone groups is 1. The van der Waals surface area contributed by atoms with Crippen molar-refractivity contribution < 1.29 is 22.7 Å². The minimum Gasteiger partial charge on any atom is -0.444 e. The summed E-state index contributed by atoms with van der Waals surface area (Å²) in [5.41, 5.74) is 1.25. The van der Waals surface area contributed by atoms with Gasteiger partial charge in [-0.25, -0.2) is 13.2 Å². The first kappa shape index (κ1) is 23.6. The quantitative estimate of drug-likeness (QED) is 0.726. The number of hydrogen-bond acceptors (Lipinski definition) is 6. The molecule has 0 aromatic heterocycles. The van der Waals surface area contributed by atoms with Gasteiger partial charge in [-0.1, -0.05) is 43.8 Å². The second-order valence-electron chi connectivity index (χ2n) is 9.03. The topological polar surface area (TPSA) is 105 Å². The average Bonchev–Trinajstić information content (AvgIpc) is 3.09. The molecule has 2 saturated heterocycles. The minimum absolute atomic E-state index is 0.0282. The Morgan fingerprint density at radius 3 is 2.58 bits per heavy atom. The molecule has 170 valence electrons. The highest BCUT2D eigenvalue weighted by Crippen LogP contribution is 2.43. The van der Waals surface area contributed by atoms with E-state index in [-0.39, 0.29) is 35.3 Å². The van der Waals surface area contributed by atoms with E-state index in [9.17, 15) is 18.0 Å². The van der Waals surface area contributed by atoms with E-state index < -0.39 is 27.4 Å². The summed E-state index contributed by atoms with van der Waals surface area (Å²) in [6, 6.07) is 7.50. The number of amides is 2. The molecule has 0 bridgehead atoms. The van der Waals surface area contributed by atoms with E-state index >= 15 is 0 Å². The molecule has 10 heteroatoms. The van der Waals surface area contributed by atoms with Crippen LogP contribution in [-0.2, 0) is 19.4 Å². The molecule has 2 aliphatic heterocycles. The third-order valence-electron chi connectivity index (χ3n) is 4.89. The van der Waals surface area contributed by atoms with Crippen molar-refractivity contribution in [2.24, 2.45) is 4.99 Å². The summed E-state index contributed by atoms with van der Waals surface area (Å²) in [5, 5.41) is 2.70. The van der Waals surface area contributed by atoms with E-state index in [2.05, 4.69) is 24.2 Å². The van der Waals surface area contributed by atoms with Crippen LogP contribution in [0.15, 0.2) is 29.3 Å². The number of carbonyl (C=O) groups excluding carboxylic acids is 2. The number of para-hydroxylation sites is 1. The summed E-state index contributed by atoms with van der Waals surface area (Å²) < 4.78 is 29.6. The Bertz CT molecular complexity index is 999. The Balaban J connectivity index is 1.85. The summed E-state index contributed by atoms with van der Waals surface area (Å²) >= 11 is 1.31. The van der Waals surface area contributed by atoms with Crippen LogP contribution in [-0.4, -0.2) is 60.5 Å². The summed E-state index contributed by atoms with van der Waals surface area (Å²) in [5.74, 6) is -0.223. The predicted octanol–water partition coefficient (Wildman–Crippen LogP) is 2.94. The number of carbonyl (C=O) groups is 2. The molecule has 0 unspecified atom stereocenters. The number of hydrogen-bond donors (Lipinski definition) is 1. The van der Waals surface area contributed by atoms with Crippen molar-refractivity contribution in [2.75, 3.05) is 23.0 Å². The van der Waals surface area contributed by atoms with Crippen molar-refractivity contribution in [2.45, 2.75) is 57.4 Å². The van der Waals surface area contributed by atoms with Crippen molar-refractivity contribution in [3.05, 3.63) is 29.8 Å². The van der Waals surface area contributed by atoms with Crippen molar-refractivity contribution >= 4 is 44.5 Å². The molecular formula is C21H29N3O5S2. The van der Waals surface area contributed by atoms with Crippen molar-refractivity contribution in [1.29, 1.82) is 0 Å². The maximum Gasteiger partial charge on any atom is 0.408 e. The van der Waals surface area contributed by atoms with Crippen LogP contribution in [0.3, 0.4) is 0 Å². The van der Waals surface area contributed by atoms with Gasteiger partial charge in [0.2, 0.25) is 0 Å². The Hall–Kier alpha value is -2.07. The van der Waals surface area contributed by atoms with E-state index in [1.165, 1.54) is 11.8 Å². The lowest BCUT2D eigenvalue weighted by atomic mass is 9.99. The summed E-state index contributed by atoms with van der Waals surface area (Å²) in [7, 11) is -3.15. The number of aliphatic imine (C=N–C) groups is 1. The largest absolute Gasteiger partial charge is 0.444 e. The molecule has 2 aliphatic rings. The third-order valence-corrected chi connectivity index (χ3v) is 8.10. The summed E-state index contributed by atoms with van der Waals surface area (Å²) in [4.78, 5) is 30.4. The zero-order valence-corrected chi connectivity index (χ0v) is 20.0. The van der Waals surface area contributed by atoms with Crippen LogP contribution in [0.5, 0.6) is 0 Å². The fourth-order valence-corrected chi connectivity index (χ4v) is 7.57. The number of benzene rings is 1. The molecule has 31 heavy (non-hydrogen) atoms. The van der Waals surface area contributed by atoms with E-state index in [4.69, 9.17) is 4.74 Å². The molecule has 0 aliphatic carbocycles. The molecule has 1 N–H and O–H groups in total. The highest BCUT2D eigenvalue weighted by molar-refractivity contribution is 8.16. The Morgan fingerprint density at radius 2 is 1.94 bits per heavy atom. The zero-order valence-electron chi connectivity index (χ0n) is 18.4.